The van der Waals surface area contributed by atoms with Gasteiger partial charge in [0.15, 0.2) is 0 Å². The minimum atomic E-state index is -0.720. The summed E-state index contributed by atoms with van der Waals surface area (Å²) in [6, 6.07) is 5.68. The molecular formula is C14H15BrO3. The summed E-state index contributed by atoms with van der Waals surface area (Å²) in [7, 11) is 0. The number of carbonyl (C=O) groups is 1. The quantitative estimate of drug-likeness (QED) is 0.926. The van der Waals surface area contributed by atoms with Crippen LogP contribution in [-0.2, 0) is 10.2 Å². The Morgan fingerprint density at radius 1 is 1.39 bits per heavy atom. The van der Waals surface area contributed by atoms with Crippen molar-refractivity contribution in [2.75, 3.05) is 0 Å². The Hall–Kier alpha value is -1.03. The zero-order chi connectivity index (χ0) is 12.8. The van der Waals surface area contributed by atoms with Gasteiger partial charge >= 0.3 is 5.97 Å². The molecule has 3 nitrogen and oxygen atoms in total. The van der Waals surface area contributed by atoms with Crippen molar-refractivity contribution >= 4 is 21.9 Å². The van der Waals surface area contributed by atoms with Gasteiger partial charge in [0.05, 0.1) is 16.0 Å². The number of hydrogen-bond acceptors (Lipinski definition) is 2. The molecule has 0 heterocycles. The molecule has 0 bridgehead atoms. The molecule has 4 heteroatoms. The van der Waals surface area contributed by atoms with Crippen molar-refractivity contribution in [1.29, 1.82) is 0 Å². The molecule has 1 aromatic carbocycles. The molecule has 3 rings (SSSR count). The van der Waals surface area contributed by atoms with E-state index in [1.165, 1.54) is 6.42 Å². The average Bonchev–Trinajstić information content (AvgIpc) is 3.06. The lowest BCUT2D eigenvalue weighted by Crippen LogP contribution is -2.25. The van der Waals surface area contributed by atoms with E-state index in [1.807, 2.05) is 18.2 Å². The lowest BCUT2D eigenvalue weighted by molar-refractivity contribution is -0.140. The fraction of sp³-hybridized carbons (Fsp3) is 0.500. The summed E-state index contributed by atoms with van der Waals surface area (Å²) in [4.78, 5) is 11.3. The number of hydrogen-bond donors (Lipinski definition) is 1. The van der Waals surface area contributed by atoms with E-state index in [0.717, 1.165) is 41.5 Å². The topological polar surface area (TPSA) is 46.5 Å². The monoisotopic (exact) mass is 310 g/mol. The van der Waals surface area contributed by atoms with Crippen LogP contribution in [0.2, 0.25) is 0 Å². The summed E-state index contributed by atoms with van der Waals surface area (Å²) in [6.07, 6.45) is 5.28. The maximum absolute atomic E-state index is 11.3. The largest absolute Gasteiger partial charge is 0.489 e. The number of halogens is 1. The zero-order valence-electron chi connectivity index (χ0n) is 9.99. The molecule has 2 saturated carbocycles. The van der Waals surface area contributed by atoms with E-state index in [2.05, 4.69) is 15.9 Å². The summed E-state index contributed by atoms with van der Waals surface area (Å²) in [5.74, 6) is 0.103. The van der Waals surface area contributed by atoms with E-state index in [4.69, 9.17) is 4.74 Å². The van der Waals surface area contributed by atoms with Crippen molar-refractivity contribution in [1.82, 2.24) is 0 Å². The molecule has 0 aliphatic heterocycles. The van der Waals surface area contributed by atoms with Crippen molar-refractivity contribution in [3.63, 3.8) is 0 Å². The average molecular weight is 311 g/mol. The van der Waals surface area contributed by atoms with Gasteiger partial charge in [0.1, 0.15) is 5.75 Å². The van der Waals surface area contributed by atoms with Crippen molar-refractivity contribution in [3.8, 4) is 5.75 Å². The number of carboxylic acid groups (broad SMARTS) is 1. The molecule has 1 N–H and O–H groups in total. The van der Waals surface area contributed by atoms with Crippen LogP contribution < -0.4 is 4.74 Å². The molecule has 0 radical (unpaired) electrons. The third kappa shape index (κ3) is 1.92. The van der Waals surface area contributed by atoms with Gasteiger partial charge in [0.2, 0.25) is 0 Å². The van der Waals surface area contributed by atoms with Crippen molar-refractivity contribution in [3.05, 3.63) is 28.2 Å². The van der Waals surface area contributed by atoms with Crippen LogP contribution >= 0.6 is 15.9 Å². The normalized spacial score (nSPS) is 21.2. The lowest BCUT2D eigenvalue weighted by Gasteiger charge is -2.27. The summed E-state index contributed by atoms with van der Waals surface area (Å²) >= 11 is 3.48. The number of aliphatic carboxylic acids is 1. The number of rotatable bonds is 4. The first-order valence-corrected chi connectivity index (χ1v) is 7.11. The molecule has 0 aromatic heterocycles. The first-order valence-electron chi connectivity index (χ1n) is 6.32. The van der Waals surface area contributed by atoms with Gasteiger partial charge in [-0.05, 0) is 65.7 Å². The predicted molar refractivity (Wildman–Crippen MR) is 71.0 cm³/mol. The second kappa shape index (κ2) is 4.26. The molecular weight excluding hydrogens is 296 g/mol. The van der Waals surface area contributed by atoms with Gasteiger partial charge in [-0.1, -0.05) is 6.07 Å². The first kappa shape index (κ1) is 12.0. The third-order valence-electron chi connectivity index (χ3n) is 3.99. The highest BCUT2D eigenvalue weighted by molar-refractivity contribution is 9.10. The Kier molecular flexibility index (Phi) is 2.85. The lowest BCUT2D eigenvalue weighted by atomic mass is 9.95. The Morgan fingerprint density at radius 3 is 2.56 bits per heavy atom. The zero-order valence-corrected chi connectivity index (χ0v) is 11.6. The Morgan fingerprint density at radius 2 is 2.11 bits per heavy atom. The molecule has 0 spiro atoms. The summed E-state index contributed by atoms with van der Waals surface area (Å²) < 4.78 is 6.70. The van der Waals surface area contributed by atoms with Crippen molar-refractivity contribution in [2.45, 2.75) is 43.6 Å². The smallest absolute Gasteiger partial charge is 0.314 e. The molecule has 0 atom stereocenters. The molecule has 96 valence electrons. The van der Waals surface area contributed by atoms with Crippen LogP contribution in [-0.4, -0.2) is 17.2 Å². The van der Waals surface area contributed by atoms with Crippen LogP contribution in [0, 0.1) is 0 Å². The molecule has 18 heavy (non-hydrogen) atoms. The maximum Gasteiger partial charge on any atom is 0.314 e. The van der Waals surface area contributed by atoms with Gasteiger partial charge in [-0.25, -0.2) is 0 Å². The summed E-state index contributed by atoms with van der Waals surface area (Å²) in [6.45, 7) is 0. The first-order chi connectivity index (χ1) is 8.62. The van der Waals surface area contributed by atoms with E-state index in [-0.39, 0.29) is 0 Å². The van der Waals surface area contributed by atoms with E-state index in [0.29, 0.717) is 6.10 Å². The fourth-order valence-corrected chi connectivity index (χ4v) is 2.79. The van der Waals surface area contributed by atoms with Gasteiger partial charge in [0.25, 0.3) is 0 Å². The van der Waals surface area contributed by atoms with Crippen molar-refractivity contribution < 1.29 is 14.6 Å². The van der Waals surface area contributed by atoms with Crippen LogP contribution in [0.3, 0.4) is 0 Å². The SMILES string of the molecule is O=C(O)C1(c2ccc(OC3CCC3)c(Br)c2)CC1. The molecule has 1 aromatic rings. The van der Waals surface area contributed by atoms with Gasteiger partial charge in [0, 0.05) is 0 Å². The molecule has 2 aliphatic carbocycles. The van der Waals surface area contributed by atoms with Crippen LogP contribution in [0.4, 0.5) is 0 Å². The number of carboxylic acids is 1. The molecule has 2 aliphatic rings. The van der Waals surface area contributed by atoms with E-state index in [9.17, 15) is 9.90 Å². The van der Waals surface area contributed by atoms with Gasteiger partial charge in [-0.15, -0.1) is 0 Å². The predicted octanol–water partition coefficient (Wildman–Crippen LogP) is 3.50. The Bertz CT molecular complexity index is 490. The second-order valence-corrected chi connectivity index (χ2v) is 6.06. The van der Waals surface area contributed by atoms with Crippen LogP contribution in [0.1, 0.15) is 37.7 Å². The van der Waals surface area contributed by atoms with E-state index >= 15 is 0 Å². The van der Waals surface area contributed by atoms with E-state index in [1.54, 1.807) is 0 Å². The summed E-state index contributed by atoms with van der Waals surface area (Å²) in [5, 5.41) is 9.26. The Labute approximate surface area is 114 Å². The molecule has 0 amide bonds. The highest BCUT2D eigenvalue weighted by atomic mass is 79.9. The van der Waals surface area contributed by atoms with Crippen LogP contribution in [0.5, 0.6) is 5.75 Å². The Balaban J connectivity index is 1.82. The molecule has 0 saturated heterocycles. The third-order valence-corrected chi connectivity index (χ3v) is 4.61. The van der Waals surface area contributed by atoms with Gasteiger partial charge < -0.3 is 9.84 Å². The molecule has 2 fully saturated rings. The maximum atomic E-state index is 11.3. The van der Waals surface area contributed by atoms with Gasteiger partial charge in [-0.2, -0.15) is 0 Å². The second-order valence-electron chi connectivity index (χ2n) is 5.20. The fourth-order valence-electron chi connectivity index (χ4n) is 2.31. The minimum absolute atomic E-state index is 0.335. The summed E-state index contributed by atoms with van der Waals surface area (Å²) in [5.41, 5.74) is 0.236. The highest BCUT2D eigenvalue weighted by Crippen LogP contribution is 2.49. The van der Waals surface area contributed by atoms with Crippen LogP contribution in [0.15, 0.2) is 22.7 Å². The van der Waals surface area contributed by atoms with Crippen LogP contribution in [0.25, 0.3) is 0 Å². The van der Waals surface area contributed by atoms with Gasteiger partial charge in [-0.3, -0.25) is 4.79 Å². The van der Waals surface area contributed by atoms with E-state index < -0.39 is 11.4 Å². The number of ether oxygens (including phenoxy) is 1. The highest BCUT2D eigenvalue weighted by Gasteiger charge is 2.51. The van der Waals surface area contributed by atoms with Crippen molar-refractivity contribution in [2.24, 2.45) is 0 Å². The minimum Gasteiger partial charge on any atom is -0.489 e. The number of benzene rings is 1. The standard InChI is InChI=1S/C14H15BrO3/c15-11-8-9(14(6-7-14)13(16)17)4-5-12(11)18-10-2-1-3-10/h4-5,8,10H,1-3,6-7H2,(H,16,17). The molecule has 0 unspecified atom stereocenters.